The van der Waals surface area contributed by atoms with Crippen LogP contribution in [0.5, 0.6) is 5.75 Å². The molecular weight excluding hydrogens is 492 g/mol. The number of anilines is 2. The van der Waals surface area contributed by atoms with Crippen molar-refractivity contribution in [2.24, 2.45) is 0 Å². The van der Waals surface area contributed by atoms with E-state index in [1.165, 1.54) is 0 Å². The maximum absolute atomic E-state index is 13.5. The van der Waals surface area contributed by atoms with E-state index in [1.54, 1.807) is 24.1 Å². The van der Waals surface area contributed by atoms with Crippen molar-refractivity contribution in [1.82, 2.24) is 10.6 Å². The van der Waals surface area contributed by atoms with Crippen molar-refractivity contribution in [2.45, 2.75) is 44.9 Å². The van der Waals surface area contributed by atoms with Gasteiger partial charge in [-0.3, -0.25) is 9.59 Å². The van der Waals surface area contributed by atoms with E-state index in [0.717, 1.165) is 29.0 Å². The maximum atomic E-state index is 13.5. The summed E-state index contributed by atoms with van der Waals surface area (Å²) in [5, 5.41) is 20.8. The van der Waals surface area contributed by atoms with Gasteiger partial charge in [0.25, 0.3) is 5.91 Å². The van der Waals surface area contributed by atoms with E-state index in [4.69, 9.17) is 4.74 Å². The number of aliphatic hydroxyl groups excluding tert-OH is 1. The van der Waals surface area contributed by atoms with Crippen LogP contribution < -0.4 is 25.6 Å². The van der Waals surface area contributed by atoms with Crippen LogP contribution in [-0.4, -0.2) is 55.8 Å². The fourth-order valence-electron chi connectivity index (χ4n) is 4.82. The second-order valence-electron chi connectivity index (χ2n) is 9.77. The average molecular weight is 531 g/mol. The Kier molecular flexibility index (Phi) is 9.94. The molecular formula is C31H38N4O4. The van der Waals surface area contributed by atoms with Crippen LogP contribution in [0.4, 0.5) is 11.4 Å². The summed E-state index contributed by atoms with van der Waals surface area (Å²) in [5.41, 5.74) is 3.98. The Morgan fingerprint density at radius 1 is 1.05 bits per heavy atom. The molecule has 3 aromatic rings. The number of hydrogen-bond donors (Lipinski definition) is 4. The highest BCUT2D eigenvalue weighted by Gasteiger charge is 2.25. The second-order valence-corrected chi connectivity index (χ2v) is 9.77. The zero-order valence-electron chi connectivity index (χ0n) is 22.7. The van der Waals surface area contributed by atoms with Crippen molar-refractivity contribution in [2.75, 3.05) is 37.0 Å². The molecule has 3 aromatic carbocycles. The second kappa shape index (κ2) is 13.8. The van der Waals surface area contributed by atoms with Gasteiger partial charge in [0, 0.05) is 49.5 Å². The van der Waals surface area contributed by atoms with Crippen molar-refractivity contribution in [3.05, 3.63) is 89.5 Å². The first-order valence-corrected chi connectivity index (χ1v) is 13.5. The van der Waals surface area contributed by atoms with E-state index >= 15 is 0 Å². The van der Waals surface area contributed by atoms with Crippen molar-refractivity contribution in [3.8, 4) is 5.75 Å². The van der Waals surface area contributed by atoms with Gasteiger partial charge in [-0.1, -0.05) is 42.5 Å². The van der Waals surface area contributed by atoms with Gasteiger partial charge in [0.2, 0.25) is 5.91 Å². The zero-order chi connectivity index (χ0) is 27.6. The SMILES string of the molecule is CCNc1cc(C(=O)N[C@@H](Cc2ccccc2)[C@@H](O)CNCc2cccc(OC)c2)cc(N2CCCC2=O)c1. The fourth-order valence-corrected chi connectivity index (χ4v) is 4.82. The van der Waals surface area contributed by atoms with Crippen LogP contribution in [0.15, 0.2) is 72.8 Å². The summed E-state index contributed by atoms with van der Waals surface area (Å²) in [5.74, 6) is 0.545. The number of benzene rings is 3. The monoisotopic (exact) mass is 530 g/mol. The first-order valence-electron chi connectivity index (χ1n) is 13.5. The van der Waals surface area contributed by atoms with Gasteiger partial charge in [0.15, 0.2) is 0 Å². The number of carbonyl (C=O) groups is 2. The third-order valence-electron chi connectivity index (χ3n) is 6.84. The van der Waals surface area contributed by atoms with Crippen LogP contribution in [0, 0.1) is 0 Å². The van der Waals surface area contributed by atoms with Gasteiger partial charge in [-0.15, -0.1) is 0 Å². The maximum Gasteiger partial charge on any atom is 0.251 e. The molecule has 1 aliphatic heterocycles. The summed E-state index contributed by atoms with van der Waals surface area (Å²) in [6.45, 7) is 4.16. The first-order chi connectivity index (χ1) is 19.0. The molecule has 2 amide bonds. The molecule has 0 spiro atoms. The highest BCUT2D eigenvalue weighted by atomic mass is 16.5. The third kappa shape index (κ3) is 7.81. The quantitative estimate of drug-likeness (QED) is 0.269. The van der Waals surface area contributed by atoms with E-state index in [2.05, 4.69) is 16.0 Å². The van der Waals surface area contributed by atoms with Gasteiger partial charge in [-0.25, -0.2) is 0 Å². The minimum Gasteiger partial charge on any atom is -0.497 e. The largest absolute Gasteiger partial charge is 0.497 e. The van der Waals surface area contributed by atoms with Crippen molar-refractivity contribution in [3.63, 3.8) is 0 Å². The standard InChI is InChI=1S/C31H38N4O4/c1-3-33-25-17-24(18-26(19-25)35-14-8-13-30(35)37)31(38)34-28(16-22-9-5-4-6-10-22)29(36)21-32-20-23-11-7-12-27(15-23)39-2/h4-7,9-12,15,17-19,28-29,32-33,36H,3,8,13-14,16,20-21H2,1-2H3,(H,34,38)/t28-,29-/m0/s1. The molecule has 206 valence electrons. The lowest BCUT2D eigenvalue weighted by atomic mass is 10.00. The Morgan fingerprint density at radius 3 is 2.56 bits per heavy atom. The van der Waals surface area contributed by atoms with Crippen LogP contribution in [0.2, 0.25) is 0 Å². The number of ether oxygens (including phenoxy) is 1. The molecule has 1 heterocycles. The molecule has 1 fully saturated rings. The van der Waals surface area contributed by atoms with Crippen molar-refractivity contribution < 1.29 is 19.4 Å². The van der Waals surface area contributed by atoms with Gasteiger partial charge in [-0.2, -0.15) is 0 Å². The van der Waals surface area contributed by atoms with E-state index in [0.29, 0.717) is 50.3 Å². The molecule has 39 heavy (non-hydrogen) atoms. The fraction of sp³-hybridized carbons (Fsp3) is 0.355. The summed E-state index contributed by atoms with van der Waals surface area (Å²) < 4.78 is 5.29. The minimum absolute atomic E-state index is 0.0643. The lowest BCUT2D eigenvalue weighted by Crippen LogP contribution is -2.48. The van der Waals surface area contributed by atoms with Gasteiger partial charge >= 0.3 is 0 Å². The molecule has 8 heteroatoms. The number of nitrogens with zero attached hydrogens (tertiary/aromatic N) is 1. The average Bonchev–Trinajstić information content (AvgIpc) is 3.39. The minimum atomic E-state index is -0.837. The Bertz CT molecular complexity index is 1250. The van der Waals surface area contributed by atoms with E-state index in [1.807, 2.05) is 67.6 Å². The van der Waals surface area contributed by atoms with Crippen LogP contribution in [-0.2, 0) is 17.8 Å². The predicted molar refractivity (Wildman–Crippen MR) is 154 cm³/mol. The molecule has 1 saturated heterocycles. The van der Waals surface area contributed by atoms with Gasteiger partial charge in [-0.05, 0) is 61.2 Å². The van der Waals surface area contributed by atoms with Crippen molar-refractivity contribution in [1.29, 1.82) is 0 Å². The number of methoxy groups -OCH3 is 1. The summed E-state index contributed by atoms with van der Waals surface area (Å²) in [7, 11) is 1.63. The summed E-state index contributed by atoms with van der Waals surface area (Å²) in [6, 6.07) is 22.5. The Morgan fingerprint density at radius 2 is 1.85 bits per heavy atom. The van der Waals surface area contributed by atoms with Crippen molar-refractivity contribution >= 4 is 23.2 Å². The van der Waals surface area contributed by atoms with Crippen LogP contribution in [0.3, 0.4) is 0 Å². The van der Waals surface area contributed by atoms with E-state index < -0.39 is 12.1 Å². The molecule has 1 aliphatic rings. The van der Waals surface area contributed by atoms with E-state index in [9.17, 15) is 14.7 Å². The topological polar surface area (TPSA) is 103 Å². The predicted octanol–water partition coefficient (Wildman–Crippen LogP) is 3.75. The normalized spacial score (nSPS) is 14.6. The third-order valence-corrected chi connectivity index (χ3v) is 6.84. The highest BCUT2D eigenvalue weighted by molar-refractivity contribution is 6.00. The van der Waals surface area contributed by atoms with E-state index in [-0.39, 0.29) is 11.8 Å². The Hall–Kier alpha value is -3.88. The number of carbonyl (C=O) groups excluding carboxylic acids is 2. The smallest absolute Gasteiger partial charge is 0.251 e. The first kappa shape index (κ1) is 28.1. The molecule has 0 aromatic heterocycles. The number of hydrogen-bond acceptors (Lipinski definition) is 6. The van der Waals surface area contributed by atoms with Gasteiger partial charge in [0.05, 0.1) is 19.3 Å². The molecule has 4 N–H and O–H groups in total. The molecule has 0 unspecified atom stereocenters. The zero-order valence-corrected chi connectivity index (χ0v) is 22.7. The number of amides is 2. The summed E-state index contributed by atoms with van der Waals surface area (Å²) in [6.07, 6.45) is 0.955. The molecule has 0 aliphatic carbocycles. The molecule has 2 atom stereocenters. The molecule has 4 rings (SSSR count). The van der Waals surface area contributed by atoms with Crippen LogP contribution in [0.25, 0.3) is 0 Å². The number of aliphatic hydroxyl groups is 1. The lowest BCUT2D eigenvalue weighted by molar-refractivity contribution is -0.117. The molecule has 8 nitrogen and oxygen atoms in total. The molecule has 0 bridgehead atoms. The van der Waals surface area contributed by atoms with Gasteiger partial charge in [0.1, 0.15) is 5.75 Å². The van der Waals surface area contributed by atoms with Crippen LogP contribution in [0.1, 0.15) is 41.3 Å². The Labute approximate surface area is 230 Å². The number of nitrogens with one attached hydrogen (secondary N) is 3. The summed E-state index contributed by atoms with van der Waals surface area (Å²) >= 11 is 0. The molecule has 0 radical (unpaired) electrons. The lowest BCUT2D eigenvalue weighted by Gasteiger charge is -2.25. The van der Waals surface area contributed by atoms with Crippen LogP contribution >= 0.6 is 0 Å². The molecule has 0 saturated carbocycles. The highest BCUT2D eigenvalue weighted by Crippen LogP contribution is 2.27. The number of rotatable bonds is 13. The Balaban J connectivity index is 1.49. The van der Waals surface area contributed by atoms with Gasteiger partial charge < -0.3 is 30.7 Å². The summed E-state index contributed by atoms with van der Waals surface area (Å²) in [4.78, 5) is 27.7.